The molecular weight excluding hydrogens is 514 g/mol. The van der Waals surface area contributed by atoms with Crippen LogP contribution in [0.5, 0.6) is 11.5 Å². The number of carbonyl (C=O) groups is 3. The molecule has 4 N–H and O–H groups in total. The molecule has 1 aromatic heterocycles. The van der Waals surface area contributed by atoms with Crippen LogP contribution in [0.2, 0.25) is 0 Å². The van der Waals surface area contributed by atoms with E-state index in [1.165, 1.54) is 11.3 Å². The van der Waals surface area contributed by atoms with Gasteiger partial charge in [-0.1, -0.05) is 25.1 Å². The fourth-order valence-electron chi connectivity index (χ4n) is 5.17. The van der Waals surface area contributed by atoms with Crippen molar-refractivity contribution in [3.63, 3.8) is 0 Å². The number of nitrogens with zero attached hydrogens (tertiary/aromatic N) is 2. The SMILES string of the molecule is CN(Cc1cc(C(=N)N)cs1)C(=O)[C@@H]1C[C@]2(C)C[C@@H]2N1C(=O)CNC(=O)c1ccc(Oc2ccccc2)cc1. The van der Waals surface area contributed by atoms with Gasteiger partial charge in [0.2, 0.25) is 11.8 Å². The Hall–Kier alpha value is -4.18. The van der Waals surface area contributed by atoms with Crippen molar-refractivity contribution < 1.29 is 19.1 Å². The number of nitrogens with one attached hydrogen (secondary N) is 2. The van der Waals surface area contributed by atoms with Gasteiger partial charge in [0.05, 0.1) is 13.1 Å². The first-order chi connectivity index (χ1) is 18.6. The molecule has 0 bridgehead atoms. The second-order valence-electron chi connectivity index (χ2n) is 10.4. The number of nitrogens with two attached hydrogens (primary N) is 1. The highest BCUT2D eigenvalue weighted by atomic mass is 32.1. The van der Waals surface area contributed by atoms with Gasteiger partial charge in [0.15, 0.2) is 0 Å². The third kappa shape index (κ3) is 5.65. The van der Waals surface area contributed by atoms with Crippen molar-refractivity contribution in [2.24, 2.45) is 11.1 Å². The average molecular weight is 546 g/mol. The van der Waals surface area contributed by atoms with Crippen LogP contribution in [-0.2, 0) is 16.1 Å². The third-order valence-electron chi connectivity index (χ3n) is 7.44. The zero-order chi connectivity index (χ0) is 27.7. The van der Waals surface area contributed by atoms with Crippen molar-refractivity contribution in [1.29, 1.82) is 5.41 Å². The molecule has 2 aliphatic rings. The molecule has 2 aromatic carbocycles. The van der Waals surface area contributed by atoms with Crippen LogP contribution in [0.4, 0.5) is 0 Å². The number of piperidine rings is 1. The van der Waals surface area contributed by atoms with Gasteiger partial charge in [-0.15, -0.1) is 11.3 Å². The van der Waals surface area contributed by atoms with Crippen molar-refractivity contribution >= 4 is 34.9 Å². The first-order valence-electron chi connectivity index (χ1n) is 12.7. The summed E-state index contributed by atoms with van der Waals surface area (Å²) in [6.45, 7) is 2.28. The number of para-hydroxylation sites is 1. The number of hydrogen-bond acceptors (Lipinski definition) is 6. The van der Waals surface area contributed by atoms with Gasteiger partial charge in [-0.25, -0.2) is 0 Å². The lowest BCUT2D eigenvalue weighted by atomic mass is 10.0. The Morgan fingerprint density at radius 2 is 1.79 bits per heavy atom. The Bertz CT molecular complexity index is 1410. The molecule has 3 atom stereocenters. The van der Waals surface area contributed by atoms with Crippen molar-refractivity contribution in [3.05, 3.63) is 82.0 Å². The molecule has 10 heteroatoms. The van der Waals surface area contributed by atoms with E-state index in [4.69, 9.17) is 15.9 Å². The number of likely N-dealkylation sites (tertiary alicyclic amines) is 1. The smallest absolute Gasteiger partial charge is 0.251 e. The van der Waals surface area contributed by atoms with E-state index in [2.05, 4.69) is 12.2 Å². The number of carbonyl (C=O) groups excluding carboxylic acids is 3. The Kier molecular flexibility index (Phi) is 7.14. The fourth-order valence-corrected chi connectivity index (χ4v) is 6.10. The number of hydrogen-bond donors (Lipinski definition) is 3. The van der Waals surface area contributed by atoms with E-state index in [1.54, 1.807) is 46.5 Å². The Morgan fingerprint density at radius 1 is 1.10 bits per heavy atom. The largest absolute Gasteiger partial charge is 0.457 e. The number of likely N-dealkylation sites (N-methyl/N-ethyl adjacent to an activating group) is 1. The van der Waals surface area contributed by atoms with Gasteiger partial charge in [-0.3, -0.25) is 19.8 Å². The van der Waals surface area contributed by atoms with Crippen molar-refractivity contribution in [2.75, 3.05) is 13.6 Å². The maximum absolute atomic E-state index is 13.4. The Labute approximate surface area is 231 Å². The maximum atomic E-state index is 13.4. The van der Waals surface area contributed by atoms with Crippen LogP contribution < -0.4 is 15.8 Å². The van der Waals surface area contributed by atoms with E-state index < -0.39 is 6.04 Å². The number of amidine groups is 1. The third-order valence-corrected chi connectivity index (χ3v) is 8.36. The van der Waals surface area contributed by atoms with Crippen LogP contribution in [-0.4, -0.2) is 59.0 Å². The van der Waals surface area contributed by atoms with Crippen LogP contribution in [0.25, 0.3) is 0 Å². The van der Waals surface area contributed by atoms with Crippen molar-refractivity contribution in [2.45, 2.75) is 38.4 Å². The number of nitrogen functional groups attached to an aromatic ring is 1. The Morgan fingerprint density at radius 3 is 2.46 bits per heavy atom. The first kappa shape index (κ1) is 26.4. The molecule has 5 rings (SSSR count). The topological polar surface area (TPSA) is 129 Å². The standard InChI is InChI=1S/C29H31N5O4S/c1-29-13-23(28(37)33(2)16-22-12-19(17-39-22)26(30)31)34(24(29)14-29)25(35)15-32-27(36)18-8-10-21(11-9-18)38-20-6-4-3-5-7-20/h3-12,17,23-24H,13-16H2,1-2H3,(H3,30,31)(H,32,36)/t23-,24-,29+/m0/s1. The summed E-state index contributed by atoms with van der Waals surface area (Å²) in [5.41, 5.74) is 6.53. The van der Waals surface area contributed by atoms with Crippen LogP contribution in [0.15, 0.2) is 66.0 Å². The number of rotatable bonds is 9. The van der Waals surface area contributed by atoms with Gasteiger partial charge in [-0.2, -0.15) is 0 Å². The minimum Gasteiger partial charge on any atom is -0.457 e. The van der Waals surface area contributed by atoms with Crippen LogP contribution in [0.3, 0.4) is 0 Å². The van der Waals surface area contributed by atoms with Crippen molar-refractivity contribution in [1.82, 2.24) is 15.1 Å². The summed E-state index contributed by atoms with van der Waals surface area (Å²) in [7, 11) is 1.72. The minimum absolute atomic E-state index is 0.00437. The molecule has 2 heterocycles. The fraction of sp³-hybridized carbons (Fsp3) is 0.310. The second-order valence-corrected chi connectivity index (χ2v) is 11.4. The minimum atomic E-state index is -0.565. The molecular formula is C29H31N5O4S. The van der Waals surface area contributed by atoms with Crippen molar-refractivity contribution in [3.8, 4) is 11.5 Å². The van der Waals surface area contributed by atoms with Gasteiger partial charge >= 0.3 is 0 Å². The number of ether oxygens (including phenoxy) is 1. The molecule has 1 aliphatic heterocycles. The van der Waals surface area contributed by atoms with Gasteiger partial charge in [0.25, 0.3) is 5.91 Å². The van der Waals surface area contributed by atoms with Crippen LogP contribution >= 0.6 is 11.3 Å². The number of benzene rings is 2. The summed E-state index contributed by atoms with van der Waals surface area (Å²) >= 11 is 1.44. The van der Waals surface area contributed by atoms with E-state index in [9.17, 15) is 14.4 Å². The molecule has 1 saturated heterocycles. The molecule has 39 heavy (non-hydrogen) atoms. The van der Waals surface area contributed by atoms with E-state index in [0.717, 1.165) is 11.3 Å². The zero-order valence-electron chi connectivity index (χ0n) is 21.8. The number of fused-ring (bicyclic) bond motifs is 1. The molecule has 202 valence electrons. The molecule has 0 radical (unpaired) electrons. The van der Waals surface area contributed by atoms with E-state index in [0.29, 0.717) is 35.6 Å². The predicted octanol–water partition coefficient (Wildman–Crippen LogP) is 3.59. The number of thiophene rings is 1. The summed E-state index contributed by atoms with van der Waals surface area (Å²) in [5.74, 6) is 0.528. The number of amides is 3. The second kappa shape index (κ2) is 10.5. The van der Waals surface area contributed by atoms with Gasteiger partial charge in [0, 0.05) is 34.5 Å². The zero-order valence-corrected chi connectivity index (χ0v) is 22.7. The monoisotopic (exact) mass is 545 g/mol. The van der Waals surface area contributed by atoms with Gasteiger partial charge in [0.1, 0.15) is 23.4 Å². The quantitative estimate of drug-likeness (QED) is 0.280. The molecule has 9 nitrogen and oxygen atoms in total. The molecule has 1 aliphatic carbocycles. The molecule has 3 amide bonds. The molecule has 3 aromatic rings. The highest BCUT2D eigenvalue weighted by Crippen LogP contribution is 2.59. The van der Waals surface area contributed by atoms with E-state index >= 15 is 0 Å². The van der Waals surface area contributed by atoms with Crippen LogP contribution in [0.1, 0.15) is 40.6 Å². The highest BCUT2D eigenvalue weighted by Gasteiger charge is 2.64. The Balaban J connectivity index is 1.18. The summed E-state index contributed by atoms with van der Waals surface area (Å²) in [6.07, 6.45) is 1.46. The molecule has 1 saturated carbocycles. The molecule has 2 fully saturated rings. The van der Waals surface area contributed by atoms with E-state index in [-0.39, 0.29) is 41.6 Å². The lowest BCUT2D eigenvalue weighted by Gasteiger charge is -2.30. The summed E-state index contributed by atoms with van der Waals surface area (Å²) in [6, 6.07) is 17.3. The highest BCUT2D eigenvalue weighted by molar-refractivity contribution is 7.10. The molecule has 0 unspecified atom stereocenters. The first-order valence-corrected chi connectivity index (χ1v) is 13.6. The predicted molar refractivity (Wildman–Crippen MR) is 149 cm³/mol. The van der Waals surface area contributed by atoms with Gasteiger partial charge in [-0.05, 0) is 60.7 Å². The van der Waals surface area contributed by atoms with Crippen LogP contribution in [0, 0.1) is 10.8 Å². The lowest BCUT2D eigenvalue weighted by molar-refractivity contribution is -0.144. The average Bonchev–Trinajstić information content (AvgIpc) is 3.23. The summed E-state index contributed by atoms with van der Waals surface area (Å²) < 4.78 is 5.76. The molecule has 0 spiro atoms. The lowest BCUT2D eigenvalue weighted by Crippen LogP contribution is -2.50. The normalized spacial score (nSPS) is 21.1. The maximum Gasteiger partial charge on any atom is 0.251 e. The van der Waals surface area contributed by atoms with Gasteiger partial charge < -0.3 is 25.6 Å². The van der Waals surface area contributed by atoms with E-state index in [1.807, 2.05) is 36.4 Å². The summed E-state index contributed by atoms with van der Waals surface area (Å²) in [5, 5.41) is 12.1. The summed E-state index contributed by atoms with van der Waals surface area (Å²) in [4.78, 5) is 43.6.